The number of aliphatic hydroxyl groups is 2. The van der Waals surface area contributed by atoms with Gasteiger partial charge in [-0.1, -0.05) is 12.8 Å². The third kappa shape index (κ3) is 3.41. The lowest BCUT2D eigenvalue weighted by molar-refractivity contribution is 0.147. The average Bonchev–Trinajstić information content (AvgIpc) is 2.85. The summed E-state index contributed by atoms with van der Waals surface area (Å²) in [7, 11) is 0. The summed E-state index contributed by atoms with van der Waals surface area (Å²) >= 11 is 0. The van der Waals surface area contributed by atoms with E-state index in [2.05, 4.69) is 10.6 Å². The summed E-state index contributed by atoms with van der Waals surface area (Å²) in [6.45, 7) is 1.20. The molecule has 0 bridgehead atoms. The first kappa shape index (κ1) is 13.3. The van der Waals surface area contributed by atoms with Crippen LogP contribution in [-0.2, 0) is 0 Å². The van der Waals surface area contributed by atoms with Crippen molar-refractivity contribution in [3.05, 3.63) is 0 Å². The Kier molecular flexibility index (Phi) is 5.22. The highest BCUT2D eigenvalue weighted by Crippen LogP contribution is 2.31. The van der Waals surface area contributed by atoms with E-state index in [1.165, 1.54) is 38.5 Å². The minimum Gasteiger partial charge on any atom is -0.395 e. The highest BCUT2D eigenvalue weighted by Gasteiger charge is 2.34. The van der Waals surface area contributed by atoms with E-state index in [0.29, 0.717) is 18.0 Å². The molecule has 0 radical (unpaired) electrons. The number of piperidine rings is 1. The summed E-state index contributed by atoms with van der Waals surface area (Å²) < 4.78 is 0. The van der Waals surface area contributed by atoms with Crippen LogP contribution in [0.1, 0.15) is 38.5 Å². The van der Waals surface area contributed by atoms with Crippen LogP contribution in [0.5, 0.6) is 0 Å². The highest BCUT2D eigenvalue weighted by atomic mass is 16.3. The Morgan fingerprint density at radius 3 is 2.53 bits per heavy atom. The first-order valence-corrected chi connectivity index (χ1v) is 7.06. The van der Waals surface area contributed by atoms with Crippen molar-refractivity contribution in [1.82, 2.24) is 10.6 Å². The van der Waals surface area contributed by atoms with Gasteiger partial charge in [-0.15, -0.1) is 0 Å². The fourth-order valence-corrected chi connectivity index (χ4v) is 3.39. The number of nitrogens with one attached hydrogen (secondary N) is 2. The van der Waals surface area contributed by atoms with E-state index in [-0.39, 0.29) is 19.3 Å². The molecule has 0 aromatic carbocycles. The zero-order chi connectivity index (χ0) is 12.1. The molecule has 100 valence electrons. The largest absolute Gasteiger partial charge is 0.395 e. The van der Waals surface area contributed by atoms with Crippen LogP contribution in [0, 0.1) is 5.92 Å². The van der Waals surface area contributed by atoms with Crippen LogP contribution in [0.2, 0.25) is 0 Å². The molecule has 0 spiro atoms. The molecular weight excluding hydrogens is 216 g/mol. The summed E-state index contributed by atoms with van der Waals surface area (Å²) in [5.41, 5.74) is 0. The third-order valence-corrected chi connectivity index (χ3v) is 4.33. The van der Waals surface area contributed by atoms with Gasteiger partial charge in [0, 0.05) is 12.1 Å². The van der Waals surface area contributed by atoms with E-state index in [9.17, 15) is 0 Å². The second-order valence-electron chi connectivity index (χ2n) is 5.49. The smallest absolute Gasteiger partial charge is 0.0607 e. The fourth-order valence-electron chi connectivity index (χ4n) is 3.39. The lowest BCUT2D eigenvalue weighted by Crippen LogP contribution is -2.50. The van der Waals surface area contributed by atoms with E-state index in [4.69, 9.17) is 10.2 Å². The predicted molar refractivity (Wildman–Crippen MR) is 67.9 cm³/mol. The molecule has 17 heavy (non-hydrogen) atoms. The van der Waals surface area contributed by atoms with Crippen LogP contribution in [-0.4, -0.2) is 48.1 Å². The summed E-state index contributed by atoms with van der Waals surface area (Å²) in [5.74, 6) is 0.677. The molecule has 0 amide bonds. The Hall–Kier alpha value is -0.160. The van der Waals surface area contributed by atoms with Gasteiger partial charge in [0.05, 0.1) is 19.3 Å². The van der Waals surface area contributed by atoms with Gasteiger partial charge in [0.25, 0.3) is 0 Å². The molecule has 1 saturated heterocycles. The van der Waals surface area contributed by atoms with Crippen LogP contribution in [0.4, 0.5) is 0 Å². The van der Waals surface area contributed by atoms with Crippen molar-refractivity contribution in [1.29, 1.82) is 0 Å². The monoisotopic (exact) mass is 242 g/mol. The molecule has 0 aromatic rings. The number of hydrogen-bond donors (Lipinski definition) is 4. The number of rotatable bonds is 5. The van der Waals surface area contributed by atoms with E-state index >= 15 is 0 Å². The van der Waals surface area contributed by atoms with Gasteiger partial charge in [-0.3, -0.25) is 0 Å². The Morgan fingerprint density at radius 1 is 1.06 bits per heavy atom. The molecule has 1 aliphatic carbocycles. The Bertz CT molecular complexity index is 215. The fraction of sp³-hybridized carbons (Fsp3) is 1.00. The molecule has 3 unspecified atom stereocenters. The molecule has 1 aliphatic heterocycles. The molecule has 2 rings (SSSR count). The first-order chi connectivity index (χ1) is 8.35. The van der Waals surface area contributed by atoms with Crippen LogP contribution < -0.4 is 10.6 Å². The van der Waals surface area contributed by atoms with Gasteiger partial charge in [0.2, 0.25) is 0 Å². The lowest BCUT2D eigenvalue weighted by atomic mass is 9.88. The second-order valence-corrected chi connectivity index (χ2v) is 5.49. The van der Waals surface area contributed by atoms with Gasteiger partial charge in [-0.2, -0.15) is 0 Å². The van der Waals surface area contributed by atoms with Crippen molar-refractivity contribution in [3.8, 4) is 0 Å². The van der Waals surface area contributed by atoms with Gasteiger partial charge >= 0.3 is 0 Å². The SMILES string of the molecule is OCC(CO)NC1CCCC1C1CCCCN1. The molecule has 1 heterocycles. The number of hydrogen-bond acceptors (Lipinski definition) is 4. The zero-order valence-electron chi connectivity index (χ0n) is 10.6. The van der Waals surface area contributed by atoms with E-state index in [1.54, 1.807) is 0 Å². The molecule has 4 heteroatoms. The Labute approximate surface area is 104 Å². The van der Waals surface area contributed by atoms with Crippen molar-refractivity contribution in [2.45, 2.75) is 56.7 Å². The van der Waals surface area contributed by atoms with E-state index < -0.39 is 0 Å². The summed E-state index contributed by atoms with van der Waals surface area (Å²) in [6.07, 6.45) is 7.65. The van der Waals surface area contributed by atoms with Crippen molar-refractivity contribution in [2.75, 3.05) is 19.8 Å². The standard InChI is InChI=1S/C13H26N2O2/c16-8-10(9-17)15-13-6-3-4-11(13)12-5-1-2-7-14-12/h10-17H,1-9H2. The quantitative estimate of drug-likeness (QED) is 0.558. The zero-order valence-corrected chi connectivity index (χ0v) is 10.6. The molecule has 4 nitrogen and oxygen atoms in total. The normalized spacial score (nSPS) is 34.4. The van der Waals surface area contributed by atoms with Crippen LogP contribution in [0.3, 0.4) is 0 Å². The summed E-state index contributed by atoms with van der Waals surface area (Å²) in [6, 6.07) is 0.959. The topological polar surface area (TPSA) is 64.5 Å². The van der Waals surface area contributed by atoms with Crippen molar-refractivity contribution in [2.24, 2.45) is 5.92 Å². The summed E-state index contributed by atoms with van der Waals surface area (Å²) in [5, 5.41) is 25.3. The molecular formula is C13H26N2O2. The minimum absolute atomic E-state index is 0.0256. The average molecular weight is 242 g/mol. The Balaban J connectivity index is 1.87. The van der Waals surface area contributed by atoms with Crippen LogP contribution in [0.25, 0.3) is 0 Å². The van der Waals surface area contributed by atoms with Gasteiger partial charge < -0.3 is 20.8 Å². The maximum Gasteiger partial charge on any atom is 0.0607 e. The molecule has 4 N–H and O–H groups in total. The van der Waals surface area contributed by atoms with Gasteiger partial charge in [0.15, 0.2) is 0 Å². The molecule has 2 aliphatic rings. The maximum atomic E-state index is 9.14. The molecule has 3 atom stereocenters. The van der Waals surface area contributed by atoms with Crippen molar-refractivity contribution < 1.29 is 10.2 Å². The van der Waals surface area contributed by atoms with E-state index in [1.807, 2.05) is 0 Å². The molecule has 2 fully saturated rings. The predicted octanol–water partition coefficient (Wildman–Crippen LogP) is 0.240. The second kappa shape index (κ2) is 6.69. The van der Waals surface area contributed by atoms with Gasteiger partial charge in [-0.05, 0) is 38.1 Å². The first-order valence-electron chi connectivity index (χ1n) is 7.06. The van der Waals surface area contributed by atoms with Gasteiger partial charge in [0.1, 0.15) is 0 Å². The maximum absolute atomic E-state index is 9.14. The molecule has 1 saturated carbocycles. The third-order valence-electron chi connectivity index (χ3n) is 4.33. The van der Waals surface area contributed by atoms with Crippen molar-refractivity contribution in [3.63, 3.8) is 0 Å². The Morgan fingerprint density at radius 2 is 1.88 bits per heavy atom. The minimum atomic E-state index is -0.149. The lowest BCUT2D eigenvalue weighted by Gasteiger charge is -2.34. The summed E-state index contributed by atoms with van der Waals surface area (Å²) in [4.78, 5) is 0. The van der Waals surface area contributed by atoms with Crippen molar-refractivity contribution >= 4 is 0 Å². The van der Waals surface area contributed by atoms with Gasteiger partial charge in [-0.25, -0.2) is 0 Å². The van der Waals surface area contributed by atoms with Crippen LogP contribution >= 0.6 is 0 Å². The molecule has 0 aromatic heterocycles. The van der Waals surface area contributed by atoms with Crippen LogP contribution in [0.15, 0.2) is 0 Å². The van der Waals surface area contributed by atoms with E-state index in [0.717, 1.165) is 6.54 Å². The number of aliphatic hydroxyl groups excluding tert-OH is 2. The highest BCUT2D eigenvalue weighted by molar-refractivity contribution is 4.93.